The average molecular weight is 276 g/mol. The normalized spacial score (nSPS) is 10.7. The van der Waals surface area contributed by atoms with E-state index in [1.54, 1.807) is 6.20 Å². The summed E-state index contributed by atoms with van der Waals surface area (Å²) in [6, 6.07) is 13.9. The van der Waals surface area contributed by atoms with E-state index in [0.29, 0.717) is 18.7 Å². The number of nitrogens with zero attached hydrogens (tertiary/aromatic N) is 3. The van der Waals surface area contributed by atoms with E-state index in [9.17, 15) is 5.26 Å². The van der Waals surface area contributed by atoms with Crippen LogP contribution in [0.3, 0.4) is 0 Å². The van der Waals surface area contributed by atoms with E-state index in [4.69, 9.17) is 5.73 Å². The molecule has 0 aliphatic carbocycles. The summed E-state index contributed by atoms with van der Waals surface area (Å²) in [6.45, 7) is 1.25. The molecule has 0 aliphatic heterocycles. The summed E-state index contributed by atoms with van der Waals surface area (Å²) in [6.07, 6.45) is 4.72. The van der Waals surface area contributed by atoms with Crippen LogP contribution in [0.5, 0.6) is 0 Å². The van der Waals surface area contributed by atoms with E-state index in [1.807, 2.05) is 30.3 Å². The maximum Gasteiger partial charge on any atom is 0.140 e. The molecule has 0 unspecified atom stereocenters. The van der Waals surface area contributed by atoms with E-state index in [1.165, 1.54) is 5.56 Å². The number of hydrogen-bond donors (Lipinski definition) is 1. The molecule has 0 fully saturated rings. The Hall–Kier alpha value is -2.64. The van der Waals surface area contributed by atoms with Gasteiger partial charge in [0.1, 0.15) is 5.65 Å². The SMILES string of the molecule is N#Cc1ccccc1Cn1cc(CCN)c2cccnc21. The van der Waals surface area contributed by atoms with Crippen molar-refractivity contribution in [2.75, 3.05) is 6.54 Å². The maximum atomic E-state index is 9.21. The van der Waals surface area contributed by atoms with Crippen molar-refractivity contribution in [1.82, 2.24) is 9.55 Å². The Labute approximate surface area is 123 Å². The number of rotatable bonds is 4. The highest BCUT2D eigenvalue weighted by atomic mass is 15.0. The highest BCUT2D eigenvalue weighted by Crippen LogP contribution is 2.21. The molecule has 0 saturated heterocycles. The Kier molecular flexibility index (Phi) is 3.67. The molecule has 1 aromatic carbocycles. The Morgan fingerprint density at radius 1 is 1.14 bits per heavy atom. The predicted octanol–water partition coefficient (Wildman–Crippen LogP) is 2.46. The second-order valence-corrected chi connectivity index (χ2v) is 4.96. The fourth-order valence-corrected chi connectivity index (χ4v) is 2.62. The van der Waals surface area contributed by atoms with Crippen molar-refractivity contribution in [2.45, 2.75) is 13.0 Å². The van der Waals surface area contributed by atoms with Gasteiger partial charge in [0.15, 0.2) is 0 Å². The van der Waals surface area contributed by atoms with Gasteiger partial charge in [-0.1, -0.05) is 18.2 Å². The molecule has 2 N–H and O–H groups in total. The highest BCUT2D eigenvalue weighted by Gasteiger charge is 2.10. The zero-order valence-corrected chi connectivity index (χ0v) is 11.7. The molecule has 2 aromatic heterocycles. The molecule has 0 aliphatic rings. The summed E-state index contributed by atoms with van der Waals surface area (Å²) < 4.78 is 2.09. The van der Waals surface area contributed by atoms with Crippen LogP contribution in [0.15, 0.2) is 48.8 Å². The number of hydrogen-bond acceptors (Lipinski definition) is 3. The molecular weight excluding hydrogens is 260 g/mol. The molecule has 0 bridgehead atoms. The molecule has 104 valence electrons. The van der Waals surface area contributed by atoms with E-state index < -0.39 is 0 Å². The second-order valence-electron chi connectivity index (χ2n) is 4.96. The van der Waals surface area contributed by atoms with Gasteiger partial charge in [-0.15, -0.1) is 0 Å². The van der Waals surface area contributed by atoms with Crippen LogP contribution in [-0.2, 0) is 13.0 Å². The zero-order valence-electron chi connectivity index (χ0n) is 11.7. The Morgan fingerprint density at radius 2 is 2.00 bits per heavy atom. The van der Waals surface area contributed by atoms with Crippen molar-refractivity contribution < 1.29 is 0 Å². The summed E-state index contributed by atoms with van der Waals surface area (Å²) >= 11 is 0. The van der Waals surface area contributed by atoms with Gasteiger partial charge in [0, 0.05) is 17.8 Å². The summed E-state index contributed by atoms with van der Waals surface area (Å²) in [5.74, 6) is 0. The summed E-state index contributed by atoms with van der Waals surface area (Å²) in [5, 5.41) is 10.3. The van der Waals surface area contributed by atoms with Crippen LogP contribution in [0.4, 0.5) is 0 Å². The highest BCUT2D eigenvalue weighted by molar-refractivity contribution is 5.80. The lowest BCUT2D eigenvalue weighted by atomic mass is 10.1. The predicted molar refractivity (Wildman–Crippen MR) is 82.8 cm³/mol. The first kappa shape index (κ1) is 13.3. The fraction of sp³-hybridized carbons (Fsp3) is 0.176. The van der Waals surface area contributed by atoms with Crippen LogP contribution < -0.4 is 5.73 Å². The van der Waals surface area contributed by atoms with E-state index >= 15 is 0 Å². The first-order chi connectivity index (χ1) is 10.3. The molecule has 21 heavy (non-hydrogen) atoms. The van der Waals surface area contributed by atoms with Gasteiger partial charge in [0.05, 0.1) is 18.2 Å². The van der Waals surface area contributed by atoms with E-state index in [2.05, 4.69) is 27.9 Å². The van der Waals surface area contributed by atoms with Crippen molar-refractivity contribution in [3.05, 3.63) is 65.5 Å². The fourth-order valence-electron chi connectivity index (χ4n) is 2.62. The molecule has 0 atom stereocenters. The summed E-state index contributed by atoms with van der Waals surface area (Å²) in [7, 11) is 0. The van der Waals surface area contributed by atoms with Gasteiger partial charge in [-0.2, -0.15) is 5.26 Å². The minimum absolute atomic E-state index is 0.614. The molecule has 0 amide bonds. The van der Waals surface area contributed by atoms with Crippen LogP contribution in [0.1, 0.15) is 16.7 Å². The topological polar surface area (TPSA) is 67.6 Å². The molecule has 0 saturated carbocycles. The van der Waals surface area contributed by atoms with Crippen molar-refractivity contribution in [3.63, 3.8) is 0 Å². The van der Waals surface area contributed by atoms with Crippen LogP contribution in [0.25, 0.3) is 11.0 Å². The average Bonchev–Trinajstić information content (AvgIpc) is 2.87. The lowest BCUT2D eigenvalue weighted by Gasteiger charge is -2.06. The first-order valence-electron chi connectivity index (χ1n) is 6.94. The quantitative estimate of drug-likeness (QED) is 0.796. The number of benzene rings is 1. The Balaban J connectivity index is 2.07. The number of fused-ring (bicyclic) bond motifs is 1. The van der Waals surface area contributed by atoms with Crippen molar-refractivity contribution in [3.8, 4) is 6.07 Å². The first-order valence-corrected chi connectivity index (χ1v) is 6.94. The number of nitriles is 1. The molecule has 2 heterocycles. The van der Waals surface area contributed by atoms with Gasteiger partial charge in [-0.05, 0) is 42.3 Å². The smallest absolute Gasteiger partial charge is 0.140 e. The van der Waals surface area contributed by atoms with Crippen LogP contribution in [0.2, 0.25) is 0 Å². The van der Waals surface area contributed by atoms with Crippen molar-refractivity contribution in [2.24, 2.45) is 5.73 Å². The van der Waals surface area contributed by atoms with Crippen molar-refractivity contribution >= 4 is 11.0 Å². The number of pyridine rings is 1. The van der Waals surface area contributed by atoms with Gasteiger partial charge in [0.25, 0.3) is 0 Å². The van der Waals surface area contributed by atoms with E-state index in [0.717, 1.165) is 23.0 Å². The monoisotopic (exact) mass is 276 g/mol. The lowest BCUT2D eigenvalue weighted by molar-refractivity contribution is 0.815. The summed E-state index contributed by atoms with van der Waals surface area (Å²) in [4.78, 5) is 4.47. The number of nitrogens with two attached hydrogens (primary N) is 1. The molecule has 4 heteroatoms. The van der Waals surface area contributed by atoms with Gasteiger partial charge in [0.2, 0.25) is 0 Å². The standard InChI is InChI=1S/C17H16N4/c18-8-7-15-12-21(17-16(15)6-3-9-20-17)11-14-5-2-1-4-13(14)10-19/h1-6,9,12H,7-8,11,18H2. The summed E-state index contributed by atoms with van der Waals surface area (Å²) in [5.41, 5.74) is 9.53. The third kappa shape index (κ3) is 2.51. The molecule has 0 spiro atoms. The Bertz CT molecular complexity index is 811. The van der Waals surface area contributed by atoms with Gasteiger partial charge in [-0.3, -0.25) is 0 Å². The van der Waals surface area contributed by atoms with Gasteiger partial charge < -0.3 is 10.3 Å². The molecule has 0 radical (unpaired) electrons. The minimum Gasteiger partial charge on any atom is -0.330 e. The molecule has 4 nitrogen and oxygen atoms in total. The minimum atomic E-state index is 0.614. The van der Waals surface area contributed by atoms with Crippen LogP contribution in [-0.4, -0.2) is 16.1 Å². The maximum absolute atomic E-state index is 9.21. The van der Waals surface area contributed by atoms with Crippen molar-refractivity contribution in [1.29, 1.82) is 5.26 Å². The third-order valence-corrected chi connectivity index (χ3v) is 3.61. The van der Waals surface area contributed by atoms with Gasteiger partial charge in [-0.25, -0.2) is 4.98 Å². The Morgan fingerprint density at radius 3 is 2.81 bits per heavy atom. The number of aromatic nitrogens is 2. The van der Waals surface area contributed by atoms with Crippen LogP contribution >= 0.6 is 0 Å². The molecule has 3 rings (SSSR count). The lowest BCUT2D eigenvalue weighted by Crippen LogP contribution is -2.03. The largest absolute Gasteiger partial charge is 0.330 e. The van der Waals surface area contributed by atoms with E-state index in [-0.39, 0.29) is 0 Å². The third-order valence-electron chi connectivity index (χ3n) is 3.61. The zero-order chi connectivity index (χ0) is 14.7. The second kappa shape index (κ2) is 5.78. The molecular formula is C17H16N4. The van der Waals surface area contributed by atoms with Gasteiger partial charge >= 0.3 is 0 Å². The molecule has 3 aromatic rings. The van der Waals surface area contributed by atoms with Crippen LogP contribution in [0, 0.1) is 11.3 Å².